The number of phenols is 1. The van der Waals surface area contributed by atoms with Gasteiger partial charge in [0.25, 0.3) is 0 Å². The number of halogens is 4. The van der Waals surface area contributed by atoms with Gasteiger partial charge in [-0.3, -0.25) is 4.90 Å². The summed E-state index contributed by atoms with van der Waals surface area (Å²) in [5.74, 6) is -0.543. The predicted octanol–water partition coefficient (Wildman–Crippen LogP) is 4.86. The lowest BCUT2D eigenvalue weighted by atomic mass is 9.83. The largest absolute Gasteiger partial charge is 0.507 e. The fourth-order valence-corrected chi connectivity index (χ4v) is 5.20. The van der Waals surface area contributed by atoms with Crippen LogP contribution >= 0.6 is 0 Å². The molecule has 2 aliphatic heterocycles. The van der Waals surface area contributed by atoms with Gasteiger partial charge in [0.1, 0.15) is 11.6 Å². The minimum Gasteiger partial charge on any atom is -0.507 e. The molecule has 0 radical (unpaired) electrons. The number of nitrogens with zero attached hydrogens (tertiary/aromatic N) is 1. The second-order valence-corrected chi connectivity index (χ2v) is 9.09. The number of phenolic OH excluding ortho intramolecular Hbond substituents is 1. The molecule has 0 amide bonds. The van der Waals surface area contributed by atoms with Crippen LogP contribution in [0.3, 0.4) is 0 Å². The van der Waals surface area contributed by atoms with Crippen LogP contribution in [0.25, 0.3) is 0 Å². The second-order valence-electron chi connectivity index (χ2n) is 9.09. The highest BCUT2D eigenvalue weighted by Gasteiger charge is 2.39. The van der Waals surface area contributed by atoms with Gasteiger partial charge >= 0.3 is 6.18 Å². The van der Waals surface area contributed by atoms with E-state index < -0.39 is 17.6 Å². The van der Waals surface area contributed by atoms with Gasteiger partial charge in [-0.25, -0.2) is 4.39 Å². The number of allylic oxidation sites excluding steroid dienone is 3. The van der Waals surface area contributed by atoms with E-state index in [-0.39, 0.29) is 36.7 Å². The third-order valence-corrected chi connectivity index (χ3v) is 7.05. The van der Waals surface area contributed by atoms with Crippen molar-refractivity contribution in [1.82, 2.24) is 4.90 Å². The summed E-state index contributed by atoms with van der Waals surface area (Å²) >= 11 is 0. The molecule has 3 aliphatic rings. The predicted molar refractivity (Wildman–Crippen MR) is 114 cm³/mol. The lowest BCUT2D eigenvalue weighted by molar-refractivity contribution is -0.0918. The van der Waals surface area contributed by atoms with E-state index in [0.29, 0.717) is 38.2 Å². The van der Waals surface area contributed by atoms with Gasteiger partial charge in [-0.15, -0.1) is 0 Å². The monoisotopic (exact) mass is 454 g/mol. The van der Waals surface area contributed by atoms with Crippen LogP contribution in [-0.2, 0) is 11.2 Å². The molecule has 1 aliphatic carbocycles. The number of aromatic hydroxyl groups is 1. The average molecular weight is 455 g/mol. The Morgan fingerprint density at radius 3 is 2.59 bits per heavy atom. The zero-order chi connectivity index (χ0) is 23.0. The maximum atomic E-state index is 14.4. The Morgan fingerprint density at radius 2 is 1.94 bits per heavy atom. The number of ether oxygens (including phenoxy) is 1. The van der Waals surface area contributed by atoms with Crippen LogP contribution in [0.2, 0.25) is 0 Å². The zero-order valence-electron chi connectivity index (χ0n) is 18.2. The van der Waals surface area contributed by atoms with Gasteiger partial charge in [0.05, 0.1) is 17.8 Å². The Hall–Kier alpha value is -1.90. The lowest BCUT2D eigenvalue weighted by Gasteiger charge is -2.40. The van der Waals surface area contributed by atoms with Crippen LogP contribution in [0.4, 0.5) is 17.6 Å². The number of piperidine rings is 1. The SMILES string of the molecule is Cc1ccc2c(c1O)C[C@@H](C1CCN(CC3=C(F)C(C(F)(F)F)=CCC3)CC1)O[C@H]2CN. The molecule has 2 atom stereocenters. The Bertz CT molecular complexity index is 917. The fraction of sp³-hybridized carbons (Fsp3) is 0.583. The van der Waals surface area contributed by atoms with Crippen molar-refractivity contribution in [3.8, 4) is 5.75 Å². The minimum absolute atomic E-state index is 0.0729. The van der Waals surface area contributed by atoms with E-state index in [9.17, 15) is 22.7 Å². The molecule has 0 aromatic heterocycles. The number of likely N-dealkylation sites (tertiary alicyclic amines) is 1. The molecule has 1 aromatic carbocycles. The third kappa shape index (κ3) is 4.58. The van der Waals surface area contributed by atoms with Gasteiger partial charge in [0, 0.05) is 25.1 Å². The molecule has 176 valence electrons. The number of nitrogens with two attached hydrogens (primary N) is 1. The van der Waals surface area contributed by atoms with E-state index in [1.165, 1.54) is 0 Å². The standard InChI is InChI=1S/C24H30F4N2O2/c1-14-5-6-17-18(23(14)31)11-20(32-21(17)12-29)15-7-9-30(10-8-15)13-16-3-2-4-19(22(16)25)24(26,27)28/h4-6,15,20-21,31H,2-3,7-13,29H2,1H3/t20-,21-/m0/s1. The number of aryl methyl sites for hydroxylation is 1. The van der Waals surface area contributed by atoms with E-state index in [4.69, 9.17) is 10.5 Å². The first-order valence-corrected chi connectivity index (χ1v) is 11.2. The number of benzene rings is 1. The highest BCUT2D eigenvalue weighted by atomic mass is 19.4. The first kappa shape index (κ1) is 23.3. The molecule has 2 heterocycles. The van der Waals surface area contributed by atoms with Crippen molar-refractivity contribution >= 4 is 0 Å². The zero-order valence-corrected chi connectivity index (χ0v) is 18.2. The molecule has 8 heteroatoms. The van der Waals surface area contributed by atoms with Crippen LogP contribution in [0, 0.1) is 12.8 Å². The lowest BCUT2D eigenvalue weighted by Crippen LogP contribution is -2.42. The minimum atomic E-state index is -4.65. The summed E-state index contributed by atoms with van der Waals surface area (Å²) in [5, 5.41) is 10.6. The highest BCUT2D eigenvalue weighted by Crippen LogP contribution is 2.41. The number of alkyl halides is 3. The molecule has 0 saturated carbocycles. The van der Waals surface area contributed by atoms with Crippen molar-refractivity contribution < 1.29 is 27.4 Å². The molecular weight excluding hydrogens is 424 g/mol. The molecule has 3 N–H and O–H groups in total. The molecule has 4 nitrogen and oxygen atoms in total. The summed E-state index contributed by atoms with van der Waals surface area (Å²) in [6.45, 7) is 3.77. The van der Waals surface area contributed by atoms with Crippen LogP contribution in [0.15, 0.2) is 35.2 Å². The first-order valence-electron chi connectivity index (χ1n) is 11.2. The molecule has 0 unspecified atom stereocenters. The van der Waals surface area contributed by atoms with Crippen molar-refractivity contribution in [2.24, 2.45) is 11.7 Å². The molecule has 1 saturated heterocycles. The summed E-state index contributed by atoms with van der Waals surface area (Å²) in [6.07, 6.45) is -1.27. The van der Waals surface area contributed by atoms with E-state index in [0.717, 1.165) is 35.6 Å². The topological polar surface area (TPSA) is 58.7 Å². The van der Waals surface area contributed by atoms with Crippen molar-refractivity contribution in [3.05, 3.63) is 51.9 Å². The molecule has 1 fully saturated rings. The second kappa shape index (κ2) is 9.15. The molecule has 32 heavy (non-hydrogen) atoms. The summed E-state index contributed by atoms with van der Waals surface area (Å²) in [5.41, 5.74) is 7.71. The van der Waals surface area contributed by atoms with Gasteiger partial charge in [-0.2, -0.15) is 13.2 Å². The molecule has 1 aromatic rings. The van der Waals surface area contributed by atoms with Gasteiger partial charge in [0.2, 0.25) is 0 Å². The highest BCUT2D eigenvalue weighted by molar-refractivity contribution is 5.47. The molecular formula is C24H30F4N2O2. The Labute approximate surface area is 185 Å². The average Bonchev–Trinajstić information content (AvgIpc) is 2.77. The van der Waals surface area contributed by atoms with Gasteiger partial charge in [-0.05, 0) is 68.3 Å². The van der Waals surface area contributed by atoms with E-state index >= 15 is 0 Å². The third-order valence-electron chi connectivity index (χ3n) is 7.05. The van der Waals surface area contributed by atoms with E-state index in [1.807, 2.05) is 24.0 Å². The fourth-order valence-electron chi connectivity index (χ4n) is 5.20. The normalized spacial score (nSPS) is 25.6. The molecule has 4 rings (SSSR count). The van der Waals surface area contributed by atoms with Crippen molar-refractivity contribution in [3.63, 3.8) is 0 Å². The van der Waals surface area contributed by atoms with Crippen LogP contribution in [0.1, 0.15) is 48.5 Å². The number of rotatable bonds is 4. The summed E-state index contributed by atoms with van der Waals surface area (Å²) < 4.78 is 59.8. The molecule has 0 bridgehead atoms. The van der Waals surface area contributed by atoms with Crippen LogP contribution in [-0.4, -0.2) is 48.5 Å². The van der Waals surface area contributed by atoms with Crippen LogP contribution < -0.4 is 5.73 Å². The van der Waals surface area contributed by atoms with E-state index in [2.05, 4.69) is 0 Å². The van der Waals surface area contributed by atoms with Gasteiger partial charge < -0.3 is 15.6 Å². The quantitative estimate of drug-likeness (QED) is 0.638. The summed E-state index contributed by atoms with van der Waals surface area (Å²) in [4.78, 5) is 2.03. The van der Waals surface area contributed by atoms with Gasteiger partial charge in [0.15, 0.2) is 0 Å². The maximum absolute atomic E-state index is 14.4. The first-order chi connectivity index (χ1) is 15.2. The van der Waals surface area contributed by atoms with Crippen molar-refractivity contribution in [2.75, 3.05) is 26.2 Å². The van der Waals surface area contributed by atoms with Crippen LogP contribution in [0.5, 0.6) is 5.75 Å². The summed E-state index contributed by atoms with van der Waals surface area (Å²) in [7, 11) is 0. The maximum Gasteiger partial charge on any atom is 0.418 e. The van der Waals surface area contributed by atoms with Crippen molar-refractivity contribution in [2.45, 2.75) is 57.4 Å². The Kier molecular flexibility index (Phi) is 6.66. The number of hydrogen-bond acceptors (Lipinski definition) is 4. The van der Waals surface area contributed by atoms with E-state index in [1.54, 1.807) is 0 Å². The molecule has 0 spiro atoms. The van der Waals surface area contributed by atoms with Gasteiger partial charge in [-0.1, -0.05) is 18.2 Å². The summed E-state index contributed by atoms with van der Waals surface area (Å²) in [6, 6.07) is 3.84. The Morgan fingerprint density at radius 1 is 1.22 bits per heavy atom. The number of hydrogen-bond donors (Lipinski definition) is 2. The van der Waals surface area contributed by atoms with Crippen molar-refractivity contribution in [1.29, 1.82) is 0 Å². The smallest absolute Gasteiger partial charge is 0.418 e. The number of fused-ring (bicyclic) bond motifs is 1. The Balaban J connectivity index is 1.40.